The smallest absolute Gasteiger partial charge is 0.328 e. The number of aromatic amines is 1. The Bertz CT molecular complexity index is 588. The van der Waals surface area contributed by atoms with Crippen molar-refractivity contribution in [1.29, 1.82) is 0 Å². The van der Waals surface area contributed by atoms with Crippen LogP contribution in [0.1, 0.15) is 6.42 Å². The average molecular weight is 331 g/mol. The number of hydrogen-bond donors (Lipinski definition) is 2. The fourth-order valence-electron chi connectivity index (χ4n) is 2.03. The maximum atomic E-state index is 12.1. The predicted molar refractivity (Wildman–Crippen MR) is 73.1 cm³/mol. The van der Waals surface area contributed by atoms with Gasteiger partial charge in [-0.15, -0.1) is 0 Å². The van der Waals surface area contributed by atoms with Crippen LogP contribution < -0.4 is 16.6 Å². The second kappa shape index (κ2) is 5.70. The molecule has 0 aliphatic carbocycles. The number of nitrogens with zero attached hydrogens (tertiary/aromatic N) is 2. The van der Waals surface area contributed by atoms with Gasteiger partial charge < -0.3 is 10.2 Å². The first-order valence-corrected chi connectivity index (χ1v) is 6.74. The number of H-pyrrole nitrogens is 1. The molecular weight excluding hydrogens is 316 g/mol. The van der Waals surface area contributed by atoms with Crippen LogP contribution in [0.4, 0.5) is 0 Å². The van der Waals surface area contributed by atoms with Gasteiger partial charge in [-0.25, -0.2) is 4.79 Å². The van der Waals surface area contributed by atoms with Gasteiger partial charge in [-0.05, 0) is 28.9 Å². The minimum Gasteiger partial charge on any atom is -0.340 e. The van der Waals surface area contributed by atoms with Gasteiger partial charge in [0.25, 0.3) is 5.56 Å². The first kappa shape index (κ1) is 14.0. The third kappa shape index (κ3) is 3.13. The van der Waals surface area contributed by atoms with Crippen molar-refractivity contribution >= 4 is 21.8 Å². The molecule has 1 atom stereocenters. The van der Waals surface area contributed by atoms with Crippen LogP contribution in [-0.4, -0.2) is 46.5 Å². The van der Waals surface area contributed by atoms with Gasteiger partial charge in [0.1, 0.15) is 6.54 Å². The second-order valence-electron chi connectivity index (χ2n) is 4.52. The normalized spacial score (nSPS) is 18.5. The van der Waals surface area contributed by atoms with Crippen molar-refractivity contribution in [2.75, 3.05) is 20.1 Å². The van der Waals surface area contributed by atoms with Gasteiger partial charge in [0, 0.05) is 25.8 Å². The van der Waals surface area contributed by atoms with E-state index in [1.807, 2.05) is 0 Å². The summed E-state index contributed by atoms with van der Waals surface area (Å²) in [5.74, 6) is -0.158. The maximum absolute atomic E-state index is 12.1. The molecule has 1 fully saturated rings. The first-order valence-electron chi connectivity index (χ1n) is 5.94. The fraction of sp³-hybridized carbons (Fsp3) is 0.545. The van der Waals surface area contributed by atoms with E-state index in [0.717, 1.165) is 19.5 Å². The van der Waals surface area contributed by atoms with E-state index in [0.29, 0.717) is 0 Å². The van der Waals surface area contributed by atoms with E-state index in [-0.39, 0.29) is 23.0 Å². The lowest BCUT2D eigenvalue weighted by Gasteiger charge is -2.24. The summed E-state index contributed by atoms with van der Waals surface area (Å²) in [6, 6.07) is 0.161. The summed E-state index contributed by atoms with van der Waals surface area (Å²) in [4.78, 5) is 38.6. The highest BCUT2D eigenvalue weighted by molar-refractivity contribution is 9.10. The molecular formula is C11H15BrN4O3. The molecule has 7 nitrogen and oxygen atoms in total. The van der Waals surface area contributed by atoms with Gasteiger partial charge >= 0.3 is 5.69 Å². The molecule has 1 aliphatic heterocycles. The molecule has 2 heterocycles. The van der Waals surface area contributed by atoms with Gasteiger partial charge in [0.05, 0.1) is 4.47 Å². The number of nitrogens with one attached hydrogen (secondary N) is 2. The van der Waals surface area contributed by atoms with Crippen LogP contribution in [0.15, 0.2) is 20.3 Å². The quantitative estimate of drug-likeness (QED) is 0.753. The van der Waals surface area contributed by atoms with Crippen molar-refractivity contribution in [3.63, 3.8) is 0 Å². The SMILES string of the molecule is CN(C(=O)Cn1cc(Br)c(=O)[nH]c1=O)[C@@H]1CCNC1. The Balaban J connectivity index is 2.12. The van der Waals surface area contributed by atoms with E-state index in [2.05, 4.69) is 26.2 Å². The summed E-state index contributed by atoms with van der Waals surface area (Å²) >= 11 is 3.04. The number of carbonyl (C=O) groups is 1. The molecule has 1 amide bonds. The van der Waals surface area contributed by atoms with Crippen LogP contribution in [0.3, 0.4) is 0 Å². The van der Waals surface area contributed by atoms with Crippen molar-refractivity contribution in [3.8, 4) is 0 Å². The Morgan fingerprint density at radius 1 is 1.58 bits per heavy atom. The first-order chi connectivity index (χ1) is 8.99. The van der Waals surface area contributed by atoms with Gasteiger partial charge in [0.15, 0.2) is 0 Å². The molecule has 2 rings (SSSR count). The Morgan fingerprint density at radius 2 is 2.32 bits per heavy atom. The van der Waals surface area contributed by atoms with Crippen molar-refractivity contribution in [2.45, 2.75) is 19.0 Å². The number of hydrogen-bond acceptors (Lipinski definition) is 4. The molecule has 0 spiro atoms. The topological polar surface area (TPSA) is 87.2 Å². The molecule has 19 heavy (non-hydrogen) atoms. The predicted octanol–water partition coefficient (Wildman–Crippen LogP) is -0.881. The standard InChI is InChI=1S/C11H15BrN4O3/c1-15(7-2-3-13-4-7)9(17)6-16-5-8(12)10(18)14-11(16)19/h5,7,13H,2-4,6H2,1H3,(H,14,18,19)/t7-/m1/s1. The lowest BCUT2D eigenvalue weighted by Crippen LogP contribution is -2.42. The highest BCUT2D eigenvalue weighted by atomic mass is 79.9. The number of amides is 1. The molecule has 1 aliphatic rings. The molecule has 1 saturated heterocycles. The zero-order valence-electron chi connectivity index (χ0n) is 10.5. The molecule has 2 N–H and O–H groups in total. The van der Waals surface area contributed by atoms with Crippen LogP contribution in [0.5, 0.6) is 0 Å². The molecule has 0 radical (unpaired) electrons. The second-order valence-corrected chi connectivity index (χ2v) is 5.37. The van der Waals surface area contributed by atoms with Crippen molar-refractivity contribution in [1.82, 2.24) is 19.8 Å². The minimum atomic E-state index is -0.584. The molecule has 0 aromatic carbocycles. The zero-order chi connectivity index (χ0) is 14.0. The number of rotatable bonds is 3. The third-order valence-corrected chi connectivity index (χ3v) is 3.81. The number of halogens is 1. The van der Waals surface area contributed by atoms with E-state index in [9.17, 15) is 14.4 Å². The van der Waals surface area contributed by atoms with Gasteiger partial charge in [0.2, 0.25) is 5.91 Å². The minimum absolute atomic E-state index is 0.0821. The zero-order valence-corrected chi connectivity index (χ0v) is 12.1. The van der Waals surface area contributed by atoms with Crippen LogP contribution in [0, 0.1) is 0 Å². The Hall–Kier alpha value is -1.41. The molecule has 1 aromatic rings. The summed E-state index contributed by atoms with van der Waals surface area (Å²) in [5, 5.41) is 3.18. The van der Waals surface area contributed by atoms with E-state index in [1.54, 1.807) is 11.9 Å². The van der Waals surface area contributed by atoms with Gasteiger partial charge in [-0.1, -0.05) is 0 Å². The summed E-state index contributed by atoms with van der Waals surface area (Å²) in [6.07, 6.45) is 2.24. The van der Waals surface area contributed by atoms with Crippen LogP contribution in [0.25, 0.3) is 0 Å². The maximum Gasteiger partial charge on any atom is 0.328 e. The summed E-state index contributed by atoms with van der Waals surface area (Å²) in [7, 11) is 1.73. The summed E-state index contributed by atoms with van der Waals surface area (Å²) in [5.41, 5.74) is -1.08. The van der Waals surface area contributed by atoms with E-state index in [1.165, 1.54) is 10.8 Å². The van der Waals surface area contributed by atoms with Gasteiger partial charge in [-0.2, -0.15) is 0 Å². The number of aromatic nitrogens is 2. The van der Waals surface area contributed by atoms with Gasteiger partial charge in [-0.3, -0.25) is 19.1 Å². The van der Waals surface area contributed by atoms with Crippen molar-refractivity contribution in [2.24, 2.45) is 0 Å². The Kier molecular flexibility index (Phi) is 4.20. The Labute approximate surface area is 117 Å². The molecule has 0 bridgehead atoms. The molecule has 8 heteroatoms. The molecule has 0 unspecified atom stereocenters. The lowest BCUT2D eigenvalue weighted by molar-refractivity contribution is -0.132. The highest BCUT2D eigenvalue weighted by Crippen LogP contribution is 2.07. The van der Waals surface area contributed by atoms with Crippen molar-refractivity contribution in [3.05, 3.63) is 31.5 Å². The van der Waals surface area contributed by atoms with Crippen LogP contribution in [-0.2, 0) is 11.3 Å². The largest absolute Gasteiger partial charge is 0.340 e. The monoisotopic (exact) mass is 330 g/mol. The fourth-order valence-corrected chi connectivity index (χ4v) is 2.38. The van der Waals surface area contributed by atoms with E-state index < -0.39 is 11.2 Å². The van der Waals surface area contributed by atoms with Crippen LogP contribution >= 0.6 is 15.9 Å². The highest BCUT2D eigenvalue weighted by Gasteiger charge is 2.23. The average Bonchev–Trinajstić information content (AvgIpc) is 2.88. The third-order valence-electron chi connectivity index (χ3n) is 3.25. The van der Waals surface area contributed by atoms with E-state index in [4.69, 9.17) is 0 Å². The number of carbonyl (C=O) groups excluding carboxylic acids is 1. The van der Waals surface area contributed by atoms with E-state index >= 15 is 0 Å². The summed E-state index contributed by atoms with van der Waals surface area (Å²) < 4.78 is 1.41. The number of likely N-dealkylation sites (N-methyl/N-ethyl adjacent to an activating group) is 1. The Morgan fingerprint density at radius 3 is 2.95 bits per heavy atom. The lowest BCUT2D eigenvalue weighted by atomic mass is 10.2. The van der Waals surface area contributed by atoms with Crippen molar-refractivity contribution < 1.29 is 4.79 Å². The molecule has 0 saturated carbocycles. The summed E-state index contributed by atoms with van der Waals surface area (Å²) in [6.45, 7) is 1.58. The molecule has 104 valence electrons. The van der Waals surface area contributed by atoms with Crippen LogP contribution in [0.2, 0.25) is 0 Å². The molecule has 1 aromatic heterocycles.